The Morgan fingerprint density at radius 1 is 1.24 bits per heavy atom. The number of halogens is 1. The highest BCUT2D eigenvalue weighted by Crippen LogP contribution is 2.59. The molecule has 21 heavy (non-hydrogen) atoms. The van der Waals surface area contributed by atoms with Gasteiger partial charge in [0.05, 0.1) is 24.3 Å². The van der Waals surface area contributed by atoms with Crippen molar-refractivity contribution in [3.8, 4) is 11.5 Å². The number of rotatable bonds is 8. The molecule has 0 radical (unpaired) electrons. The molecule has 1 aromatic carbocycles. The molecule has 0 bridgehead atoms. The van der Waals surface area contributed by atoms with Crippen LogP contribution >= 0.6 is 23.5 Å². The van der Waals surface area contributed by atoms with Gasteiger partial charge in [-0.3, -0.25) is 4.57 Å². The van der Waals surface area contributed by atoms with Crippen molar-refractivity contribution in [2.24, 2.45) is 5.73 Å². The molecule has 0 amide bonds. The fourth-order valence-corrected chi connectivity index (χ4v) is 3.86. The van der Waals surface area contributed by atoms with Crippen LogP contribution in [0.5, 0.6) is 11.5 Å². The second-order valence-corrected chi connectivity index (χ2v) is 7.11. The number of hydrogen-bond acceptors (Lipinski definition) is 6. The van der Waals surface area contributed by atoms with Crippen LogP contribution in [0, 0.1) is 0 Å². The maximum Gasteiger partial charge on any atom is 0.351 e. The normalized spacial score (nSPS) is 13.2. The van der Waals surface area contributed by atoms with E-state index in [1.807, 2.05) is 0 Å². The Morgan fingerprint density at radius 3 is 2.29 bits per heavy atom. The summed E-state index contributed by atoms with van der Waals surface area (Å²) in [5.74, 6) is -0.735. The smallest absolute Gasteiger partial charge is 0.351 e. The number of nitrogens with two attached hydrogens (primary N) is 1. The van der Waals surface area contributed by atoms with Crippen molar-refractivity contribution in [1.82, 2.24) is 0 Å². The summed E-state index contributed by atoms with van der Waals surface area (Å²) in [7, 11) is -3.49. The van der Waals surface area contributed by atoms with Crippen LogP contribution in [0.25, 0.3) is 0 Å². The molecule has 8 heteroatoms. The monoisotopic (exact) mass is 381 g/mol. The highest BCUT2D eigenvalue weighted by Gasteiger charge is 2.34. The molecule has 1 atom stereocenters. The molecule has 0 spiro atoms. The fraction of sp³-hybridized carbons (Fsp3) is 0.538. The van der Waals surface area contributed by atoms with E-state index >= 15 is 0 Å². The van der Waals surface area contributed by atoms with E-state index in [1.54, 1.807) is 32.9 Å². The summed E-state index contributed by atoms with van der Waals surface area (Å²) in [4.78, 5) is 0. The molecule has 120 valence electrons. The number of ether oxygens (including phenoxy) is 1. The zero-order chi connectivity index (χ0) is 16.0. The van der Waals surface area contributed by atoms with Crippen molar-refractivity contribution >= 4 is 23.5 Å². The lowest BCUT2D eigenvalue weighted by atomic mass is 10.2. The summed E-state index contributed by atoms with van der Waals surface area (Å²) < 4.78 is 28.9. The first kappa shape index (κ1) is 18.5. The minimum absolute atomic E-state index is 0.0320. The first-order chi connectivity index (χ1) is 9.89. The Balaban J connectivity index is 3.21. The molecular weight excluding hydrogens is 361 g/mol. The molecule has 0 aliphatic carbocycles. The topological polar surface area (TPSA) is 91.0 Å². The van der Waals surface area contributed by atoms with E-state index in [0.717, 1.165) is 0 Å². The van der Waals surface area contributed by atoms with Crippen LogP contribution in [0.15, 0.2) is 16.6 Å². The first-order valence-electron chi connectivity index (χ1n) is 6.69. The lowest BCUT2D eigenvalue weighted by Gasteiger charge is -2.24. The van der Waals surface area contributed by atoms with Crippen molar-refractivity contribution < 1.29 is 23.5 Å². The van der Waals surface area contributed by atoms with E-state index in [0.29, 0.717) is 16.6 Å². The molecule has 0 saturated carbocycles. The van der Waals surface area contributed by atoms with Crippen LogP contribution in [0.4, 0.5) is 0 Å². The van der Waals surface area contributed by atoms with Crippen LogP contribution in [0.2, 0.25) is 0 Å². The van der Waals surface area contributed by atoms with Gasteiger partial charge in [0.25, 0.3) is 0 Å². The number of phenols is 1. The molecule has 0 heterocycles. The molecule has 0 fully saturated rings. The Labute approximate surface area is 133 Å². The van der Waals surface area contributed by atoms with E-state index in [-0.39, 0.29) is 24.7 Å². The second-order valence-electron chi connectivity index (χ2n) is 4.10. The summed E-state index contributed by atoms with van der Waals surface area (Å²) in [5.41, 5.74) is 6.55. The Morgan fingerprint density at radius 2 is 1.81 bits per heavy atom. The number of benzene rings is 1. The highest BCUT2D eigenvalue weighted by molar-refractivity contribution is 9.10. The number of hydrogen-bond donors (Lipinski definition) is 2. The van der Waals surface area contributed by atoms with Crippen molar-refractivity contribution in [2.45, 2.75) is 26.6 Å². The maximum absolute atomic E-state index is 12.7. The zero-order valence-electron chi connectivity index (χ0n) is 12.3. The standard InChI is InChI=1S/C13H21BrNO5P/c1-4-18-11-8-9(7-10(14)12(11)16)13(15)21(17,19-5-2)20-6-3/h7-8,13,16H,4-6,15H2,1-3H3/t13-/m1/s1. The second kappa shape index (κ2) is 8.15. The van der Waals surface area contributed by atoms with Gasteiger partial charge >= 0.3 is 7.60 Å². The van der Waals surface area contributed by atoms with Gasteiger partial charge in [0.15, 0.2) is 11.5 Å². The molecule has 3 N–H and O–H groups in total. The lowest BCUT2D eigenvalue weighted by molar-refractivity contribution is 0.212. The fourth-order valence-electron chi connectivity index (χ4n) is 1.77. The van der Waals surface area contributed by atoms with Gasteiger partial charge in [-0.1, -0.05) is 0 Å². The summed E-state index contributed by atoms with van der Waals surface area (Å²) in [6.07, 6.45) is 0. The molecule has 0 aliphatic heterocycles. The number of phenolic OH excluding ortho intramolecular Hbond substituents is 1. The molecule has 0 aromatic heterocycles. The average Bonchev–Trinajstić information content (AvgIpc) is 2.43. The molecule has 1 aromatic rings. The van der Waals surface area contributed by atoms with Gasteiger partial charge in [-0.05, 0) is 54.4 Å². The van der Waals surface area contributed by atoms with E-state index in [1.165, 1.54) is 0 Å². The van der Waals surface area contributed by atoms with Crippen molar-refractivity contribution in [3.63, 3.8) is 0 Å². The molecule has 1 rings (SSSR count). The van der Waals surface area contributed by atoms with Crippen molar-refractivity contribution in [1.29, 1.82) is 0 Å². The van der Waals surface area contributed by atoms with Gasteiger partial charge in [0.1, 0.15) is 5.78 Å². The molecule has 0 unspecified atom stereocenters. The summed E-state index contributed by atoms with van der Waals surface area (Å²) in [6, 6.07) is 3.12. The Hall–Kier alpha value is -0.590. The largest absolute Gasteiger partial charge is 0.503 e. The summed E-state index contributed by atoms with van der Waals surface area (Å²) >= 11 is 3.22. The van der Waals surface area contributed by atoms with E-state index in [4.69, 9.17) is 19.5 Å². The Bertz CT molecular complexity index is 516. The third-order valence-corrected chi connectivity index (χ3v) is 5.47. The van der Waals surface area contributed by atoms with Crippen LogP contribution in [0.1, 0.15) is 32.1 Å². The summed E-state index contributed by atoms with van der Waals surface area (Å²) in [5, 5.41) is 9.90. The highest BCUT2D eigenvalue weighted by atomic mass is 79.9. The van der Waals surface area contributed by atoms with Crippen molar-refractivity contribution in [3.05, 3.63) is 22.2 Å². The minimum Gasteiger partial charge on any atom is -0.503 e. The van der Waals surface area contributed by atoms with Crippen molar-refractivity contribution in [2.75, 3.05) is 19.8 Å². The molecular formula is C13H21BrNO5P. The number of aromatic hydroxyl groups is 1. The quantitative estimate of drug-likeness (QED) is 0.665. The molecule has 0 aliphatic rings. The van der Waals surface area contributed by atoms with E-state index in [9.17, 15) is 9.67 Å². The predicted molar refractivity (Wildman–Crippen MR) is 84.8 cm³/mol. The van der Waals surface area contributed by atoms with E-state index in [2.05, 4.69) is 15.9 Å². The first-order valence-corrected chi connectivity index (χ1v) is 9.09. The van der Waals surface area contributed by atoms with Crippen LogP contribution < -0.4 is 10.5 Å². The van der Waals surface area contributed by atoms with Gasteiger partial charge < -0.3 is 24.6 Å². The molecule has 6 nitrogen and oxygen atoms in total. The van der Waals surface area contributed by atoms with Crippen LogP contribution in [-0.2, 0) is 13.6 Å². The minimum atomic E-state index is -3.49. The predicted octanol–water partition coefficient (Wildman–Crippen LogP) is 3.78. The van der Waals surface area contributed by atoms with E-state index < -0.39 is 13.4 Å². The summed E-state index contributed by atoms with van der Waals surface area (Å²) in [6.45, 7) is 6.07. The molecule has 0 saturated heterocycles. The van der Waals surface area contributed by atoms with Gasteiger partial charge in [-0.25, -0.2) is 0 Å². The van der Waals surface area contributed by atoms with Gasteiger partial charge in [-0.2, -0.15) is 0 Å². The zero-order valence-corrected chi connectivity index (χ0v) is 14.8. The van der Waals surface area contributed by atoms with Crippen LogP contribution in [0.3, 0.4) is 0 Å². The average molecular weight is 382 g/mol. The van der Waals surface area contributed by atoms with Gasteiger partial charge in [-0.15, -0.1) is 0 Å². The lowest BCUT2D eigenvalue weighted by Crippen LogP contribution is -2.15. The third-order valence-electron chi connectivity index (χ3n) is 2.65. The maximum atomic E-state index is 12.7. The Kier molecular flexibility index (Phi) is 7.16. The van der Waals surface area contributed by atoms with Gasteiger partial charge in [0, 0.05) is 0 Å². The van der Waals surface area contributed by atoms with Crippen LogP contribution in [-0.4, -0.2) is 24.9 Å². The van der Waals surface area contributed by atoms with Gasteiger partial charge in [0.2, 0.25) is 0 Å². The third kappa shape index (κ3) is 4.44. The SMILES string of the molecule is CCOc1cc([C@H](N)P(=O)(OCC)OCC)cc(Br)c1O.